The zero-order chi connectivity index (χ0) is 13.0. The maximum Gasteiger partial charge on any atom is 0.306 e. The van der Waals surface area contributed by atoms with Gasteiger partial charge in [0.15, 0.2) is 0 Å². The molecule has 0 radical (unpaired) electrons. The van der Waals surface area contributed by atoms with E-state index in [1.165, 1.54) is 0 Å². The first-order chi connectivity index (χ1) is 8.59. The van der Waals surface area contributed by atoms with Crippen LogP contribution in [0, 0.1) is 5.92 Å². The molecule has 4 heteroatoms. The van der Waals surface area contributed by atoms with Gasteiger partial charge in [0.25, 0.3) is 0 Å². The van der Waals surface area contributed by atoms with Crippen LogP contribution >= 0.6 is 0 Å². The lowest BCUT2D eigenvalue weighted by Crippen LogP contribution is -2.41. The molecule has 0 atom stereocenters. The van der Waals surface area contributed by atoms with E-state index in [1.807, 2.05) is 30.3 Å². The fourth-order valence-corrected chi connectivity index (χ4v) is 2.28. The first-order valence-electron chi connectivity index (χ1n) is 6.22. The van der Waals surface area contributed by atoms with Crippen LogP contribution in [0.25, 0.3) is 0 Å². The first kappa shape index (κ1) is 12.9. The molecule has 0 bridgehead atoms. The Morgan fingerprint density at radius 2 is 1.89 bits per heavy atom. The summed E-state index contributed by atoms with van der Waals surface area (Å²) in [4.78, 5) is 10.8. The summed E-state index contributed by atoms with van der Waals surface area (Å²) >= 11 is 0. The Kier molecular flexibility index (Phi) is 3.87. The Balaban J connectivity index is 1.85. The summed E-state index contributed by atoms with van der Waals surface area (Å²) in [5, 5.41) is 19.2. The summed E-state index contributed by atoms with van der Waals surface area (Å²) in [5.41, 5.74) is -0.887. The van der Waals surface area contributed by atoms with Crippen molar-refractivity contribution in [1.82, 2.24) is 0 Å². The van der Waals surface area contributed by atoms with Crippen LogP contribution in [-0.2, 0) is 4.79 Å². The summed E-state index contributed by atoms with van der Waals surface area (Å²) in [6.07, 6.45) is 2.00. The Hall–Kier alpha value is -1.55. The van der Waals surface area contributed by atoms with Gasteiger partial charge in [0, 0.05) is 0 Å². The van der Waals surface area contributed by atoms with Gasteiger partial charge in [0.2, 0.25) is 0 Å². The second-order valence-electron chi connectivity index (χ2n) is 4.94. The number of carboxylic acids is 1. The van der Waals surface area contributed by atoms with Gasteiger partial charge >= 0.3 is 5.97 Å². The molecule has 0 saturated heterocycles. The maximum atomic E-state index is 10.8. The number of hydrogen-bond donors (Lipinski definition) is 2. The molecule has 1 aromatic rings. The van der Waals surface area contributed by atoms with Crippen LogP contribution in [0.2, 0.25) is 0 Å². The first-order valence-corrected chi connectivity index (χ1v) is 6.22. The van der Waals surface area contributed by atoms with Gasteiger partial charge in [-0.2, -0.15) is 0 Å². The van der Waals surface area contributed by atoms with E-state index in [-0.39, 0.29) is 12.5 Å². The maximum absolute atomic E-state index is 10.8. The largest absolute Gasteiger partial charge is 0.491 e. The second-order valence-corrected chi connectivity index (χ2v) is 4.94. The van der Waals surface area contributed by atoms with Gasteiger partial charge in [-0.1, -0.05) is 18.2 Å². The lowest BCUT2D eigenvalue weighted by Gasteiger charge is -2.34. The van der Waals surface area contributed by atoms with Crippen molar-refractivity contribution >= 4 is 5.97 Å². The predicted molar refractivity (Wildman–Crippen MR) is 66.5 cm³/mol. The topological polar surface area (TPSA) is 66.8 Å². The van der Waals surface area contributed by atoms with Gasteiger partial charge in [-0.15, -0.1) is 0 Å². The molecule has 1 aromatic carbocycles. The van der Waals surface area contributed by atoms with Crippen molar-refractivity contribution in [3.8, 4) is 5.75 Å². The number of hydrogen-bond acceptors (Lipinski definition) is 3. The molecule has 2 N–H and O–H groups in total. The number of rotatable bonds is 4. The van der Waals surface area contributed by atoms with Crippen molar-refractivity contribution in [3.63, 3.8) is 0 Å². The molecule has 4 nitrogen and oxygen atoms in total. The summed E-state index contributed by atoms with van der Waals surface area (Å²) in [5.74, 6) is -0.352. The Bertz CT molecular complexity index is 394. The number of ether oxygens (including phenoxy) is 1. The Morgan fingerprint density at radius 1 is 1.28 bits per heavy atom. The molecule has 1 aliphatic rings. The van der Waals surface area contributed by atoms with E-state index in [1.54, 1.807) is 0 Å². The molecule has 0 amide bonds. The van der Waals surface area contributed by atoms with Gasteiger partial charge in [0.1, 0.15) is 12.4 Å². The summed E-state index contributed by atoms with van der Waals surface area (Å²) < 4.78 is 5.55. The smallest absolute Gasteiger partial charge is 0.306 e. The molecular weight excluding hydrogens is 232 g/mol. The van der Waals surface area contributed by atoms with Crippen LogP contribution in [0.1, 0.15) is 25.7 Å². The minimum absolute atomic E-state index is 0.226. The molecule has 0 heterocycles. The number of para-hydroxylation sites is 1. The summed E-state index contributed by atoms with van der Waals surface area (Å²) in [7, 11) is 0. The number of aliphatic hydroxyl groups is 1. The zero-order valence-corrected chi connectivity index (χ0v) is 10.2. The van der Waals surface area contributed by atoms with Gasteiger partial charge in [0.05, 0.1) is 11.5 Å². The monoisotopic (exact) mass is 250 g/mol. The highest BCUT2D eigenvalue weighted by molar-refractivity contribution is 5.70. The third kappa shape index (κ3) is 3.23. The second kappa shape index (κ2) is 5.40. The SMILES string of the molecule is O=C(O)C1CCC(O)(COc2ccccc2)CC1. The molecule has 18 heavy (non-hydrogen) atoms. The number of carboxylic acid groups (broad SMARTS) is 1. The van der Waals surface area contributed by atoms with E-state index in [0.29, 0.717) is 25.7 Å². The van der Waals surface area contributed by atoms with E-state index in [2.05, 4.69) is 0 Å². The quantitative estimate of drug-likeness (QED) is 0.858. The average molecular weight is 250 g/mol. The lowest BCUT2D eigenvalue weighted by atomic mass is 9.79. The minimum Gasteiger partial charge on any atom is -0.491 e. The standard InChI is InChI=1S/C14H18O4/c15-13(16)11-6-8-14(17,9-7-11)10-18-12-4-2-1-3-5-12/h1-5,11,17H,6-10H2,(H,15,16). The minimum atomic E-state index is -0.887. The molecule has 0 aliphatic heterocycles. The molecule has 1 fully saturated rings. The van der Waals surface area contributed by atoms with Crippen LogP contribution < -0.4 is 4.74 Å². The third-order valence-corrected chi connectivity index (χ3v) is 3.52. The summed E-state index contributed by atoms with van der Waals surface area (Å²) in [6, 6.07) is 9.33. The number of benzene rings is 1. The van der Waals surface area contributed by atoms with Crippen LogP contribution in [-0.4, -0.2) is 28.4 Å². The number of carbonyl (C=O) groups is 1. The van der Waals surface area contributed by atoms with Crippen LogP contribution in [0.4, 0.5) is 0 Å². The summed E-state index contributed by atoms with van der Waals surface area (Å²) in [6.45, 7) is 0.226. The Morgan fingerprint density at radius 3 is 2.44 bits per heavy atom. The molecule has 2 rings (SSSR count). The lowest BCUT2D eigenvalue weighted by molar-refractivity contribution is -0.145. The molecule has 1 aliphatic carbocycles. The fraction of sp³-hybridized carbons (Fsp3) is 0.500. The van der Waals surface area contributed by atoms with E-state index >= 15 is 0 Å². The van der Waals surface area contributed by atoms with Crippen molar-refractivity contribution < 1.29 is 19.7 Å². The van der Waals surface area contributed by atoms with E-state index in [0.717, 1.165) is 5.75 Å². The van der Waals surface area contributed by atoms with Crippen molar-refractivity contribution in [2.75, 3.05) is 6.61 Å². The van der Waals surface area contributed by atoms with Crippen molar-refractivity contribution in [3.05, 3.63) is 30.3 Å². The highest BCUT2D eigenvalue weighted by Gasteiger charge is 2.36. The van der Waals surface area contributed by atoms with Crippen LogP contribution in [0.5, 0.6) is 5.75 Å². The number of aliphatic carboxylic acids is 1. The normalized spacial score (nSPS) is 27.7. The van der Waals surface area contributed by atoms with Crippen molar-refractivity contribution in [2.45, 2.75) is 31.3 Å². The fourth-order valence-electron chi connectivity index (χ4n) is 2.28. The average Bonchev–Trinajstić information content (AvgIpc) is 2.38. The predicted octanol–water partition coefficient (Wildman–Crippen LogP) is 2.07. The van der Waals surface area contributed by atoms with Crippen molar-refractivity contribution in [2.24, 2.45) is 5.92 Å². The molecule has 0 spiro atoms. The van der Waals surface area contributed by atoms with E-state index < -0.39 is 11.6 Å². The van der Waals surface area contributed by atoms with Crippen LogP contribution in [0.15, 0.2) is 30.3 Å². The molecule has 98 valence electrons. The van der Waals surface area contributed by atoms with Gasteiger partial charge in [-0.25, -0.2) is 0 Å². The Labute approximate surface area is 106 Å². The van der Waals surface area contributed by atoms with Crippen molar-refractivity contribution in [1.29, 1.82) is 0 Å². The molecule has 0 unspecified atom stereocenters. The molecule has 0 aromatic heterocycles. The molecule has 1 saturated carbocycles. The van der Waals surface area contributed by atoms with Gasteiger partial charge in [-0.05, 0) is 37.8 Å². The third-order valence-electron chi connectivity index (χ3n) is 3.52. The molecular formula is C14H18O4. The van der Waals surface area contributed by atoms with Gasteiger partial charge in [-0.3, -0.25) is 4.79 Å². The van der Waals surface area contributed by atoms with Crippen LogP contribution in [0.3, 0.4) is 0 Å². The van der Waals surface area contributed by atoms with E-state index in [4.69, 9.17) is 9.84 Å². The highest BCUT2D eigenvalue weighted by atomic mass is 16.5. The highest BCUT2D eigenvalue weighted by Crippen LogP contribution is 2.32. The zero-order valence-electron chi connectivity index (χ0n) is 10.2. The van der Waals surface area contributed by atoms with Gasteiger partial charge < -0.3 is 14.9 Å². The van der Waals surface area contributed by atoms with E-state index in [9.17, 15) is 9.90 Å².